The van der Waals surface area contributed by atoms with Gasteiger partial charge >= 0.3 is 11.9 Å². The highest BCUT2D eigenvalue weighted by atomic mass is 32.1. The Kier molecular flexibility index (Phi) is 8.00. The van der Waals surface area contributed by atoms with Crippen molar-refractivity contribution in [2.75, 3.05) is 20.8 Å². The SMILES string of the molecule is CCOC(=O)C1=C(C)N=c2s/c(=C/c3cc(C)n(-c4cccc(C(=O)OC)c4)c3C)c(=O)n2[C@@H]1c1cccc(OC)c1. The lowest BCUT2D eigenvalue weighted by Crippen LogP contribution is -2.39. The van der Waals surface area contributed by atoms with Crippen LogP contribution in [0.5, 0.6) is 5.75 Å². The molecule has 3 heterocycles. The van der Waals surface area contributed by atoms with E-state index in [-0.39, 0.29) is 12.2 Å². The van der Waals surface area contributed by atoms with Crippen molar-refractivity contribution in [2.24, 2.45) is 4.99 Å². The lowest BCUT2D eigenvalue weighted by Gasteiger charge is -2.25. The molecule has 1 aliphatic rings. The molecule has 0 amide bonds. The summed E-state index contributed by atoms with van der Waals surface area (Å²) in [5.41, 5.74) is 5.19. The number of nitrogens with zero attached hydrogens (tertiary/aromatic N) is 3. The van der Waals surface area contributed by atoms with Gasteiger partial charge in [0, 0.05) is 17.1 Å². The largest absolute Gasteiger partial charge is 0.497 e. The Morgan fingerprint density at radius 3 is 2.50 bits per heavy atom. The zero-order valence-corrected chi connectivity index (χ0v) is 25.1. The zero-order valence-electron chi connectivity index (χ0n) is 24.3. The highest BCUT2D eigenvalue weighted by Crippen LogP contribution is 2.32. The Labute approximate surface area is 246 Å². The first kappa shape index (κ1) is 28.8. The van der Waals surface area contributed by atoms with Crippen molar-refractivity contribution < 1.29 is 23.8 Å². The number of thiazole rings is 1. The van der Waals surface area contributed by atoms with Crippen LogP contribution in [0.2, 0.25) is 0 Å². The third kappa shape index (κ3) is 5.09. The van der Waals surface area contributed by atoms with Crippen LogP contribution in [0.25, 0.3) is 11.8 Å². The number of aryl methyl sites for hydroxylation is 1. The number of allylic oxidation sites excluding steroid dienone is 1. The van der Waals surface area contributed by atoms with Crippen molar-refractivity contribution in [2.45, 2.75) is 33.7 Å². The minimum absolute atomic E-state index is 0.197. The summed E-state index contributed by atoms with van der Waals surface area (Å²) in [7, 11) is 2.92. The van der Waals surface area contributed by atoms with E-state index in [0.717, 1.165) is 22.6 Å². The molecule has 5 rings (SSSR count). The van der Waals surface area contributed by atoms with Gasteiger partial charge in [0.2, 0.25) is 0 Å². The first-order valence-electron chi connectivity index (χ1n) is 13.4. The van der Waals surface area contributed by atoms with Crippen molar-refractivity contribution in [3.05, 3.63) is 114 Å². The molecule has 1 atom stereocenters. The molecule has 0 aliphatic carbocycles. The minimum Gasteiger partial charge on any atom is -0.497 e. The molecule has 10 heteroatoms. The van der Waals surface area contributed by atoms with Crippen LogP contribution in [0.15, 0.2) is 75.7 Å². The Morgan fingerprint density at radius 2 is 1.79 bits per heavy atom. The number of aromatic nitrogens is 2. The van der Waals surface area contributed by atoms with E-state index in [4.69, 9.17) is 14.2 Å². The highest BCUT2D eigenvalue weighted by Gasteiger charge is 2.33. The van der Waals surface area contributed by atoms with Crippen LogP contribution < -0.4 is 19.6 Å². The molecule has 0 saturated heterocycles. The molecule has 0 N–H and O–H groups in total. The molecule has 216 valence electrons. The summed E-state index contributed by atoms with van der Waals surface area (Å²) in [6, 6.07) is 15.8. The van der Waals surface area contributed by atoms with Crippen LogP contribution in [-0.4, -0.2) is 41.9 Å². The highest BCUT2D eigenvalue weighted by molar-refractivity contribution is 7.07. The van der Waals surface area contributed by atoms with Crippen LogP contribution in [0.3, 0.4) is 0 Å². The van der Waals surface area contributed by atoms with E-state index in [1.54, 1.807) is 43.7 Å². The fourth-order valence-corrected chi connectivity index (χ4v) is 6.32. The maximum atomic E-state index is 14.0. The Morgan fingerprint density at radius 1 is 1.02 bits per heavy atom. The van der Waals surface area contributed by atoms with Crippen LogP contribution in [0.1, 0.15) is 52.8 Å². The van der Waals surface area contributed by atoms with E-state index in [1.165, 1.54) is 18.4 Å². The maximum Gasteiger partial charge on any atom is 0.338 e. The number of hydrogen-bond acceptors (Lipinski definition) is 8. The van der Waals surface area contributed by atoms with Crippen LogP contribution >= 0.6 is 11.3 Å². The maximum absolute atomic E-state index is 14.0. The van der Waals surface area contributed by atoms with Gasteiger partial charge < -0.3 is 18.8 Å². The molecule has 0 saturated carbocycles. The lowest BCUT2D eigenvalue weighted by molar-refractivity contribution is -0.139. The number of methoxy groups -OCH3 is 2. The van der Waals surface area contributed by atoms with Gasteiger partial charge in [-0.3, -0.25) is 9.36 Å². The molecule has 42 heavy (non-hydrogen) atoms. The normalized spacial score (nSPS) is 14.8. The first-order valence-corrected chi connectivity index (χ1v) is 14.2. The third-order valence-corrected chi connectivity index (χ3v) is 8.19. The minimum atomic E-state index is -0.731. The number of carbonyl (C=O) groups excluding carboxylic acids is 2. The second-order valence-corrected chi connectivity index (χ2v) is 10.8. The van der Waals surface area contributed by atoms with Crippen LogP contribution in [0, 0.1) is 13.8 Å². The number of benzene rings is 2. The van der Waals surface area contributed by atoms with E-state index < -0.39 is 18.0 Å². The van der Waals surface area contributed by atoms with Gasteiger partial charge in [-0.1, -0.05) is 29.5 Å². The van der Waals surface area contributed by atoms with E-state index in [2.05, 4.69) is 4.99 Å². The zero-order chi connectivity index (χ0) is 30.1. The molecule has 9 nitrogen and oxygen atoms in total. The van der Waals surface area contributed by atoms with Gasteiger partial charge in [-0.15, -0.1) is 0 Å². The molecule has 1 aliphatic heterocycles. The summed E-state index contributed by atoms with van der Waals surface area (Å²) in [5, 5.41) is 0. The van der Waals surface area contributed by atoms with Crippen molar-refractivity contribution in [1.29, 1.82) is 0 Å². The average Bonchev–Trinajstić information content (AvgIpc) is 3.45. The topological polar surface area (TPSA) is 101 Å². The van der Waals surface area contributed by atoms with E-state index in [0.29, 0.717) is 37.5 Å². The molecule has 0 spiro atoms. The Hall–Kier alpha value is -4.70. The molecule has 2 aromatic heterocycles. The summed E-state index contributed by atoms with van der Waals surface area (Å²) in [5.74, 6) is -0.321. The fourth-order valence-electron chi connectivity index (χ4n) is 5.28. The molecular formula is C32H31N3O6S. The van der Waals surface area contributed by atoms with E-state index in [1.807, 2.05) is 60.9 Å². The number of ether oxygens (including phenoxy) is 3. The van der Waals surface area contributed by atoms with Gasteiger partial charge in [-0.25, -0.2) is 14.6 Å². The van der Waals surface area contributed by atoms with Crippen molar-refractivity contribution >= 4 is 29.4 Å². The second-order valence-electron chi connectivity index (χ2n) is 9.78. The first-order chi connectivity index (χ1) is 20.2. The Balaban J connectivity index is 1.67. The van der Waals surface area contributed by atoms with Crippen molar-refractivity contribution in [3.63, 3.8) is 0 Å². The summed E-state index contributed by atoms with van der Waals surface area (Å²) >= 11 is 1.27. The number of hydrogen-bond donors (Lipinski definition) is 0. The average molecular weight is 586 g/mol. The predicted molar refractivity (Wildman–Crippen MR) is 160 cm³/mol. The molecule has 0 bridgehead atoms. The van der Waals surface area contributed by atoms with Crippen LogP contribution in [-0.2, 0) is 14.3 Å². The van der Waals surface area contributed by atoms with E-state index in [9.17, 15) is 14.4 Å². The van der Waals surface area contributed by atoms with E-state index >= 15 is 0 Å². The molecule has 0 unspecified atom stereocenters. The molecular weight excluding hydrogens is 554 g/mol. The summed E-state index contributed by atoms with van der Waals surface area (Å²) in [4.78, 5) is 44.4. The van der Waals surface area contributed by atoms with Gasteiger partial charge in [-0.2, -0.15) is 0 Å². The van der Waals surface area contributed by atoms with Gasteiger partial charge in [0.25, 0.3) is 5.56 Å². The van der Waals surface area contributed by atoms with Crippen molar-refractivity contribution in [1.82, 2.24) is 9.13 Å². The van der Waals surface area contributed by atoms with Gasteiger partial charge in [-0.05, 0) is 81.3 Å². The number of carbonyl (C=O) groups is 2. The molecule has 0 radical (unpaired) electrons. The van der Waals surface area contributed by atoms with Gasteiger partial charge in [0.05, 0.1) is 48.2 Å². The summed E-state index contributed by atoms with van der Waals surface area (Å²) in [6.45, 7) is 7.62. The van der Waals surface area contributed by atoms with Gasteiger partial charge in [0.1, 0.15) is 5.75 Å². The number of esters is 2. The fraction of sp³-hybridized carbons (Fsp3) is 0.250. The lowest BCUT2D eigenvalue weighted by atomic mass is 9.95. The molecule has 0 fully saturated rings. The quantitative estimate of drug-likeness (QED) is 0.304. The molecule has 2 aromatic carbocycles. The van der Waals surface area contributed by atoms with Gasteiger partial charge in [0.15, 0.2) is 4.80 Å². The summed E-state index contributed by atoms with van der Waals surface area (Å²) in [6.07, 6.45) is 1.85. The second kappa shape index (κ2) is 11.7. The Bertz CT molecular complexity index is 1930. The summed E-state index contributed by atoms with van der Waals surface area (Å²) < 4.78 is 19.8. The molecule has 4 aromatic rings. The standard InChI is InChI=1S/C32H31N3O6S/c1-7-41-31(38)27-19(3)33-32-35(28(27)21-10-9-13-25(16-21)39-5)29(36)26(42-32)17-23-14-18(2)34(20(23)4)24-12-8-11-22(15-24)30(37)40-6/h8-17,28H,7H2,1-6H3/b26-17+/t28-/m1/s1. The monoisotopic (exact) mass is 585 g/mol. The third-order valence-electron chi connectivity index (χ3n) is 7.21. The van der Waals surface area contributed by atoms with Crippen molar-refractivity contribution in [3.8, 4) is 11.4 Å². The van der Waals surface area contributed by atoms with Crippen LogP contribution in [0.4, 0.5) is 0 Å². The predicted octanol–water partition coefficient (Wildman–Crippen LogP) is 4.00. The number of fused-ring (bicyclic) bond motifs is 1. The smallest absolute Gasteiger partial charge is 0.338 e. The number of rotatable bonds is 7.